The summed E-state index contributed by atoms with van der Waals surface area (Å²) in [6.07, 6.45) is 2.11. The molecule has 1 aliphatic carbocycles. The second-order valence-corrected chi connectivity index (χ2v) is 6.38. The summed E-state index contributed by atoms with van der Waals surface area (Å²) in [7, 11) is 0. The summed E-state index contributed by atoms with van der Waals surface area (Å²) >= 11 is 0. The van der Waals surface area contributed by atoms with Crippen molar-refractivity contribution in [1.82, 2.24) is 9.88 Å². The van der Waals surface area contributed by atoms with Crippen molar-refractivity contribution in [3.63, 3.8) is 0 Å². The van der Waals surface area contributed by atoms with Crippen LogP contribution in [0.2, 0.25) is 0 Å². The van der Waals surface area contributed by atoms with Crippen molar-refractivity contribution >= 4 is 11.8 Å². The van der Waals surface area contributed by atoms with Gasteiger partial charge in [-0.05, 0) is 31.0 Å². The molecule has 0 N–H and O–H groups in total. The number of nitriles is 1. The lowest BCUT2D eigenvalue weighted by Crippen LogP contribution is -2.48. The Hall–Kier alpha value is -2.88. The van der Waals surface area contributed by atoms with Gasteiger partial charge < -0.3 is 14.2 Å². The Bertz CT molecular complexity index is 845. The van der Waals surface area contributed by atoms with Crippen LogP contribution in [0.25, 0.3) is 0 Å². The summed E-state index contributed by atoms with van der Waals surface area (Å²) in [6, 6.07) is 7.81. The second kappa shape index (κ2) is 6.20. The molecule has 0 bridgehead atoms. The molecule has 2 aliphatic rings. The number of aromatic nitrogens is 1. The lowest BCUT2D eigenvalue weighted by molar-refractivity contribution is 0.0744. The molecule has 2 fully saturated rings. The second-order valence-electron chi connectivity index (χ2n) is 6.38. The highest BCUT2D eigenvalue weighted by Gasteiger charge is 2.32. The van der Waals surface area contributed by atoms with Gasteiger partial charge in [0.05, 0.1) is 0 Å². The highest BCUT2D eigenvalue weighted by Crippen LogP contribution is 2.41. The van der Waals surface area contributed by atoms with Gasteiger partial charge in [0.15, 0.2) is 0 Å². The van der Waals surface area contributed by atoms with Crippen LogP contribution in [0.1, 0.15) is 40.7 Å². The minimum Gasteiger partial charge on any atom is -0.423 e. The molecule has 1 aromatic carbocycles. The average Bonchev–Trinajstić information content (AvgIpc) is 3.40. The van der Waals surface area contributed by atoms with E-state index in [2.05, 4.69) is 11.1 Å². The van der Waals surface area contributed by atoms with Crippen molar-refractivity contribution in [3.8, 4) is 6.07 Å². The Kier molecular flexibility index (Phi) is 3.88. The molecule has 128 valence electrons. The maximum Gasteiger partial charge on any atom is 0.254 e. The van der Waals surface area contributed by atoms with Gasteiger partial charge in [-0.25, -0.2) is 9.37 Å². The van der Waals surface area contributed by atoms with E-state index in [1.165, 1.54) is 18.2 Å². The first-order valence-electron chi connectivity index (χ1n) is 8.36. The number of halogens is 1. The molecule has 1 amide bonds. The lowest BCUT2D eigenvalue weighted by Gasteiger charge is -2.34. The number of nitrogens with zero attached hydrogens (tertiary/aromatic N) is 4. The fourth-order valence-corrected chi connectivity index (χ4v) is 3.04. The lowest BCUT2D eigenvalue weighted by atomic mass is 10.1. The predicted molar refractivity (Wildman–Crippen MR) is 87.7 cm³/mol. The monoisotopic (exact) mass is 340 g/mol. The molecule has 6 nitrogen and oxygen atoms in total. The summed E-state index contributed by atoms with van der Waals surface area (Å²) in [4.78, 5) is 20.4. The number of anilines is 1. The predicted octanol–water partition coefficient (Wildman–Crippen LogP) is 2.53. The molecule has 0 radical (unpaired) electrons. The summed E-state index contributed by atoms with van der Waals surface area (Å²) in [5.41, 5.74) is 0.661. The number of hydrogen-bond acceptors (Lipinski definition) is 5. The molecule has 1 saturated heterocycles. The normalized spacial score (nSPS) is 17.4. The van der Waals surface area contributed by atoms with Gasteiger partial charge in [0, 0.05) is 37.7 Å². The van der Waals surface area contributed by atoms with Crippen molar-refractivity contribution in [1.29, 1.82) is 5.26 Å². The van der Waals surface area contributed by atoms with Crippen molar-refractivity contribution in [2.45, 2.75) is 18.8 Å². The van der Waals surface area contributed by atoms with Crippen LogP contribution in [0, 0.1) is 17.1 Å². The first kappa shape index (κ1) is 15.6. The number of carbonyl (C=O) groups excluding carboxylic acids is 1. The smallest absolute Gasteiger partial charge is 0.254 e. The van der Waals surface area contributed by atoms with E-state index >= 15 is 0 Å². The molecule has 0 atom stereocenters. The van der Waals surface area contributed by atoms with E-state index in [4.69, 9.17) is 4.42 Å². The Morgan fingerprint density at radius 1 is 1.28 bits per heavy atom. The van der Waals surface area contributed by atoms with Crippen molar-refractivity contribution < 1.29 is 13.6 Å². The average molecular weight is 340 g/mol. The molecule has 1 saturated carbocycles. The summed E-state index contributed by atoms with van der Waals surface area (Å²) < 4.78 is 19.1. The topological polar surface area (TPSA) is 73.4 Å². The summed E-state index contributed by atoms with van der Waals surface area (Å²) in [5.74, 6) is 0.886. The number of benzene rings is 1. The maximum atomic E-state index is 13.3. The van der Waals surface area contributed by atoms with Gasteiger partial charge in [-0.3, -0.25) is 4.79 Å². The highest BCUT2D eigenvalue weighted by atomic mass is 19.1. The quantitative estimate of drug-likeness (QED) is 0.858. The van der Waals surface area contributed by atoms with Crippen molar-refractivity contribution in [2.75, 3.05) is 31.1 Å². The van der Waals surface area contributed by atoms with Crippen LogP contribution in [0.5, 0.6) is 0 Å². The molecule has 0 spiro atoms. The van der Waals surface area contributed by atoms with Gasteiger partial charge in [0.1, 0.15) is 11.9 Å². The van der Waals surface area contributed by atoms with Gasteiger partial charge >= 0.3 is 0 Å². The molecule has 0 unspecified atom stereocenters. The molecule has 25 heavy (non-hydrogen) atoms. The fraction of sp³-hybridized carbons (Fsp3) is 0.389. The van der Waals surface area contributed by atoms with Gasteiger partial charge in [-0.15, -0.1) is 0 Å². The van der Waals surface area contributed by atoms with Crippen LogP contribution < -0.4 is 4.90 Å². The van der Waals surface area contributed by atoms with E-state index in [0.717, 1.165) is 12.8 Å². The van der Waals surface area contributed by atoms with Crippen LogP contribution in [-0.2, 0) is 0 Å². The van der Waals surface area contributed by atoms with Crippen LogP contribution in [0.3, 0.4) is 0 Å². The van der Waals surface area contributed by atoms with Gasteiger partial charge in [0.25, 0.3) is 5.91 Å². The fourth-order valence-electron chi connectivity index (χ4n) is 3.04. The van der Waals surface area contributed by atoms with Crippen molar-refractivity contribution in [2.24, 2.45) is 0 Å². The Morgan fingerprint density at radius 2 is 2.04 bits per heavy atom. The number of oxazole rings is 1. The molecule has 2 heterocycles. The molecule has 1 aliphatic heterocycles. The molecular formula is C18H17FN4O2. The van der Waals surface area contributed by atoms with E-state index in [1.54, 1.807) is 11.0 Å². The zero-order valence-corrected chi connectivity index (χ0v) is 13.6. The van der Waals surface area contributed by atoms with Gasteiger partial charge in [0.2, 0.25) is 17.5 Å². The third kappa shape index (κ3) is 3.07. The van der Waals surface area contributed by atoms with Crippen LogP contribution in [0.15, 0.2) is 28.7 Å². The van der Waals surface area contributed by atoms with E-state index < -0.39 is 5.82 Å². The molecular weight excluding hydrogens is 323 g/mol. The Labute approximate surface area is 144 Å². The zero-order chi connectivity index (χ0) is 17.4. The van der Waals surface area contributed by atoms with Crippen LogP contribution in [-0.4, -0.2) is 42.0 Å². The van der Waals surface area contributed by atoms with E-state index in [-0.39, 0.29) is 5.91 Å². The van der Waals surface area contributed by atoms with E-state index in [9.17, 15) is 14.4 Å². The SMILES string of the molecule is N#Cc1nc(C2CC2)oc1N1CCN(C(=O)c2cccc(F)c2)CC1. The first-order valence-corrected chi connectivity index (χ1v) is 8.36. The van der Waals surface area contributed by atoms with Crippen molar-refractivity contribution in [3.05, 3.63) is 47.2 Å². The van der Waals surface area contributed by atoms with E-state index in [1.807, 2.05) is 4.90 Å². The number of amides is 1. The molecule has 7 heteroatoms. The number of rotatable bonds is 3. The zero-order valence-electron chi connectivity index (χ0n) is 13.6. The molecule has 2 aromatic rings. The number of hydrogen-bond donors (Lipinski definition) is 0. The third-order valence-corrected chi connectivity index (χ3v) is 4.58. The minimum atomic E-state index is -0.419. The van der Waals surface area contributed by atoms with Crippen LogP contribution >= 0.6 is 0 Å². The third-order valence-electron chi connectivity index (χ3n) is 4.58. The molecule has 1 aromatic heterocycles. The minimum absolute atomic E-state index is 0.184. The number of piperazine rings is 1. The van der Waals surface area contributed by atoms with Gasteiger partial charge in [-0.2, -0.15) is 5.26 Å². The maximum absolute atomic E-state index is 13.3. The van der Waals surface area contributed by atoms with Crippen LogP contribution in [0.4, 0.5) is 10.3 Å². The summed E-state index contributed by atoms with van der Waals surface area (Å²) in [6.45, 7) is 2.07. The first-order chi connectivity index (χ1) is 12.2. The largest absolute Gasteiger partial charge is 0.423 e. The highest BCUT2D eigenvalue weighted by molar-refractivity contribution is 5.94. The standard InChI is InChI=1S/C18H17FN4O2/c19-14-3-1-2-13(10-14)17(24)22-6-8-23(9-7-22)18-15(11-20)21-16(25-18)12-4-5-12/h1-3,10,12H,4-9H2. The van der Waals surface area contributed by atoms with Gasteiger partial charge in [-0.1, -0.05) is 6.07 Å². The summed E-state index contributed by atoms with van der Waals surface area (Å²) in [5, 5.41) is 9.28. The molecule has 4 rings (SSSR count). The Balaban J connectivity index is 1.45. The Morgan fingerprint density at radius 3 is 2.68 bits per heavy atom. The van der Waals surface area contributed by atoms with E-state index in [0.29, 0.717) is 55.1 Å². The number of carbonyl (C=O) groups is 1.